The molecule has 0 unspecified atom stereocenters. The third-order valence-electron chi connectivity index (χ3n) is 2.17. The van der Waals surface area contributed by atoms with E-state index < -0.39 is 0 Å². The number of rotatable bonds is 5. The molecule has 0 amide bonds. The van der Waals surface area contributed by atoms with Gasteiger partial charge in [-0.1, -0.05) is 0 Å². The van der Waals surface area contributed by atoms with Crippen LogP contribution >= 0.6 is 0 Å². The van der Waals surface area contributed by atoms with Gasteiger partial charge in [0.15, 0.2) is 17.8 Å². The minimum Gasteiger partial charge on any atom is -0.496 e. The Balaban J connectivity index is 3.54. The zero-order valence-electron chi connectivity index (χ0n) is 9.70. The van der Waals surface area contributed by atoms with Crippen LogP contribution in [0.3, 0.4) is 0 Å². The van der Waals surface area contributed by atoms with Gasteiger partial charge in [0.05, 0.1) is 28.4 Å². The van der Waals surface area contributed by atoms with Gasteiger partial charge in [-0.25, -0.2) is 0 Å². The lowest BCUT2D eigenvalue weighted by molar-refractivity contribution is 0.111. The molecule has 5 nitrogen and oxygen atoms in total. The van der Waals surface area contributed by atoms with Crippen LogP contribution in [0.25, 0.3) is 0 Å². The highest BCUT2D eigenvalue weighted by Gasteiger charge is 2.20. The van der Waals surface area contributed by atoms with E-state index in [1.54, 1.807) is 6.07 Å². The number of benzene rings is 1. The van der Waals surface area contributed by atoms with Crippen molar-refractivity contribution >= 4 is 6.29 Å². The molecule has 0 radical (unpaired) electrons. The first-order valence-corrected chi connectivity index (χ1v) is 4.55. The van der Waals surface area contributed by atoms with Crippen LogP contribution in [0.2, 0.25) is 0 Å². The van der Waals surface area contributed by atoms with Crippen LogP contribution in [-0.4, -0.2) is 34.7 Å². The van der Waals surface area contributed by atoms with Crippen molar-refractivity contribution in [2.24, 2.45) is 0 Å². The van der Waals surface area contributed by atoms with Gasteiger partial charge < -0.3 is 18.9 Å². The fraction of sp³-hybridized carbons (Fsp3) is 0.364. The second-order valence-electron chi connectivity index (χ2n) is 2.88. The number of hydrogen-bond donors (Lipinski definition) is 0. The molecule has 88 valence electrons. The summed E-state index contributed by atoms with van der Waals surface area (Å²) in [6.07, 6.45) is 0.652. The second-order valence-corrected chi connectivity index (χ2v) is 2.88. The van der Waals surface area contributed by atoms with Crippen LogP contribution in [-0.2, 0) is 0 Å². The van der Waals surface area contributed by atoms with E-state index in [9.17, 15) is 4.79 Å². The molecule has 1 rings (SSSR count). The lowest BCUT2D eigenvalue weighted by atomic mass is 10.1. The van der Waals surface area contributed by atoms with Gasteiger partial charge in [0, 0.05) is 6.07 Å². The molecule has 0 aliphatic carbocycles. The minimum absolute atomic E-state index is 0.294. The van der Waals surface area contributed by atoms with Crippen molar-refractivity contribution in [1.82, 2.24) is 0 Å². The van der Waals surface area contributed by atoms with Gasteiger partial charge in [-0.15, -0.1) is 0 Å². The van der Waals surface area contributed by atoms with Crippen LogP contribution in [0, 0.1) is 0 Å². The Labute approximate surface area is 93.9 Å². The Hall–Kier alpha value is -1.91. The van der Waals surface area contributed by atoms with E-state index in [2.05, 4.69) is 0 Å². The lowest BCUT2D eigenvalue weighted by Gasteiger charge is -2.15. The van der Waals surface area contributed by atoms with E-state index in [0.29, 0.717) is 34.8 Å². The van der Waals surface area contributed by atoms with Crippen molar-refractivity contribution in [2.75, 3.05) is 28.4 Å². The number of hydrogen-bond acceptors (Lipinski definition) is 5. The third kappa shape index (κ3) is 1.88. The maximum Gasteiger partial charge on any atom is 0.204 e. The Morgan fingerprint density at radius 3 is 1.81 bits per heavy atom. The first-order valence-electron chi connectivity index (χ1n) is 4.55. The SMILES string of the molecule is COc1cc(OC)c(OC)c(OC)c1C=O. The summed E-state index contributed by atoms with van der Waals surface area (Å²) in [6, 6.07) is 1.57. The smallest absolute Gasteiger partial charge is 0.204 e. The summed E-state index contributed by atoms with van der Waals surface area (Å²) in [5.41, 5.74) is 0.294. The Morgan fingerprint density at radius 1 is 0.875 bits per heavy atom. The fourth-order valence-corrected chi connectivity index (χ4v) is 1.44. The lowest BCUT2D eigenvalue weighted by Crippen LogP contribution is -2.01. The molecule has 0 heterocycles. The van der Waals surface area contributed by atoms with Gasteiger partial charge in [-0.05, 0) is 0 Å². The number of methoxy groups -OCH3 is 4. The van der Waals surface area contributed by atoms with E-state index >= 15 is 0 Å². The van der Waals surface area contributed by atoms with Crippen molar-refractivity contribution < 1.29 is 23.7 Å². The first-order chi connectivity index (χ1) is 7.73. The van der Waals surface area contributed by atoms with Crippen molar-refractivity contribution in [3.63, 3.8) is 0 Å². The van der Waals surface area contributed by atoms with E-state index in [4.69, 9.17) is 18.9 Å². The van der Waals surface area contributed by atoms with E-state index in [1.807, 2.05) is 0 Å². The summed E-state index contributed by atoms with van der Waals surface area (Å²) in [5, 5.41) is 0. The molecule has 0 bridgehead atoms. The molecular weight excluding hydrogens is 212 g/mol. The summed E-state index contributed by atoms with van der Waals surface area (Å²) in [7, 11) is 5.89. The molecule has 0 aliphatic heterocycles. The summed E-state index contributed by atoms with van der Waals surface area (Å²) < 4.78 is 20.5. The highest BCUT2D eigenvalue weighted by Crippen LogP contribution is 2.44. The molecule has 5 heteroatoms. The maximum absolute atomic E-state index is 11.0. The molecule has 0 fully saturated rings. The van der Waals surface area contributed by atoms with E-state index in [0.717, 1.165) is 0 Å². The predicted molar refractivity (Wildman–Crippen MR) is 58.0 cm³/mol. The van der Waals surface area contributed by atoms with Gasteiger partial charge in [0.2, 0.25) is 5.75 Å². The average Bonchev–Trinajstić information content (AvgIpc) is 2.35. The molecule has 0 aromatic heterocycles. The van der Waals surface area contributed by atoms with Gasteiger partial charge in [-0.3, -0.25) is 4.79 Å². The number of carbonyl (C=O) groups excluding carboxylic acids is 1. The van der Waals surface area contributed by atoms with E-state index in [-0.39, 0.29) is 0 Å². The minimum atomic E-state index is 0.294. The molecule has 0 saturated heterocycles. The average molecular weight is 226 g/mol. The second kappa shape index (κ2) is 5.25. The van der Waals surface area contributed by atoms with Crippen molar-refractivity contribution in [2.45, 2.75) is 0 Å². The topological polar surface area (TPSA) is 54.0 Å². The molecule has 1 aromatic rings. The highest BCUT2D eigenvalue weighted by molar-refractivity contribution is 5.87. The van der Waals surface area contributed by atoms with Gasteiger partial charge in [-0.2, -0.15) is 0 Å². The number of carbonyl (C=O) groups is 1. The van der Waals surface area contributed by atoms with Crippen LogP contribution in [0.15, 0.2) is 6.07 Å². The predicted octanol–water partition coefficient (Wildman–Crippen LogP) is 1.53. The van der Waals surface area contributed by atoms with Crippen molar-refractivity contribution in [1.29, 1.82) is 0 Å². The Morgan fingerprint density at radius 2 is 1.44 bits per heavy atom. The molecule has 0 saturated carbocycles. The summed E-state index contributed by atoms with van der Waals surface area (Å²) >= 11 is 0. The third-order valence-corrected chi connectivity index (χ3v) is 2.17. The van der Waals surface area contributed by atoms with Crippen LogP contribution in [0.5, 0.6) is 23.0 Å². The van der Waals surface area contributed by atoms with E-state index in [1.165, 1.54) is 28.4 Å². The standard InChI is InChI=1S/C11H14O5/c1-13-8-5-9(14-2)11(16-4)10(15-3)7(8)6-12/h5-6H,1-4H3. The Kier molecular flexibility index (Phi) is 3.99. The molecule has 1 aromatic carbocycles. The van der Waals surface area contributed by atoms with Gasteiger partial charge in [0.25, 0.3) is 0 Å². The zero-order chi connectivity index (χ0) is 12.1. The maximum atomic E-state index is 11.0. The molecular formula is C11H14O5. The largest absolute Gasteiger partial charge is 0.496 e. The zero-order valence-corrected chi connectivity index (χ0v) is 9.70. The van der Waals surface area contributed by atoms with Gasteiger partial charge in [0.1, 0.15) is 11.3 Å². The molecule has 0 N–H and O–H groups in total. The number of ether oxygens (including phenoxy) is 4. The highest BCUT2D eigenvalue weighted by atomic mass is 16.5. The van der Waals surface area contributed by atoms with Crippen molar-refractivity contribution in [3.05, 3.63) is 11.6 Å². The number of aldehydes is 1. The molecule has 16 heavy (non-hydrogen) atoms. The molecule has 0 aliphatic rings. The quantitative estimate of drug-likeness (QED) is 0.713. The normalized spacial score (nSPS) is 9.50. The fourth-order valence-electron chi connectivity index (χ4n) is 1.44. The Bertz CT molecular complexity index is 386. The summed E-state index contributed by atoms with van der Waals surface area (Å²) in [5.74, 6) is 1.49. The van der Waals surface area contributed by atoms with Crippen LogP contribution in [0.1, 0.15) is 10.4 Å². The van der Waals surface area contributed by atoms with Gasteiger partial charge >= 0.3 is 0 Å². The van der Waals surface area contributed by atoms with Crippen LogP contribution < -0.4 is 18.9 Å². The summed E-state index contributed by atoms with van der Waals surface area (Å²) in [6.45, 7) is 0. The summed E-state index contributed by atoms with van der Waals surface area (Å²) in [4.78, 5) is 11.0. The van der Waals surface area contributed by atoms with Crippen LogP contribution in [0.4, 0.5) is 0 Å². The first kappa shape index (κ1) is 12.2. The van der Waals surface area contributed by atoms with Crippen molar-refractivity contribution in [3.8, 4) is 23.0 Å². The monoisotopic (exact) mass is 226 g/mol. The molecule has 0 spiro atoms. The molecule has 0 atom stereocenters.